The summed E-state index contributed by atoms with van der Waals surface area (Å²) in [6, 6.07) is 19.9. The number of halogens is 1. The first-order valence-corrected chi connectivity index (χ1v) is 7.93. The summed E-state index contributed by atoms with van der Waals surface area (Å²) >= 11 is 3.54. The van der Waals surface area contributed by atoms with Crippen LogP contribution in [-0.4, -0.2) is 0 Å². The topological polar surface area (TPSA) is 12.0 Å². The Hall–Kier alpha value is -1.12. The Balaban J connectivity index is 2.17. The van der Waals surface area contributed by atoms with Crippen LogP contribution < -0.4 is 5.32 Å². The fourth-order valence-corrected chi connectivity index (χ4v) is 2.89. The maximum atomic E-state index is 3.76. The molecule has 2 aromatic carbocycles. The Kier molecular flexibility index (Phi) is 5.38. The maximum Gasteiger partial charge on any atom is 0.0348 e. The largest absolute Gasteiger partial charge is 0.303 e. The second-order valence-corrected chi connectivity index (χ2v) is 6.49. The first kappa shape index (κ1) is 15.3. The highest BCUT2D eigenvalue weighted by Gasteiger charge is 2.18. The molecule has 0 spiro atoms. The molecule has 1 unspecified atom stereocenters. The first-order valence-electron chi connectivity index (χ1n) is 7.14. The Morgan fingerprint density at radius 2 is 1.50 bits per heavy atom. The van der Waals surface area contributed by atoms with Crippen molar-refractivity contribution < 1.29 is 0 Å². The second kappa shape index (κ2) is 7.05. The van der Waals surface area contributed by atoms with Gasteiger partial charge in [-0.1, -0.05) is 72.2 Å². The lowest BCUT2D eigenvalue weighted by Crippen LogP contribution is -2.28. The zero-order valence-corrected chi connectivity index (χ0v) is 13.9. The molecule has 0 saturated heterocycles. The van der Waals surface area contributed by atoms with Gasteiger partial charge in [0.15, 0.2) is 0 Å². The van der Waals surface area contributed by atoms with Crippen molar-refractivity contribution in [2.75, 3.05) is 0 Å². The molecular formula is C18H22BrN. The molecule has 106 valence electrons. The molecule has 0 bridgehead atoms. The minimum absolute atomic E-state index is 0.320. The zero-order chi connectivity index (χ0) is 14.5. The van der Waals surface area contributed by atoms with E-state index in [-0.39, 0.29) is 0 Å². The minimum atomic E-state index is 0.320. The Labute approximate surface area is 130 Å². The predicted molar refractivity (Wildman–Crippen MR) is 89.7 cm³/mol. The van der Waals surface area contributed by atoms with Crippen LogP contribution in [0.15, 0.2) is 59.1 Å². The lowest BCUT2D eigenvalue weighted by Gasteiger charge is -2.27. The predicted octanol–water partition coefficient (Wildman–Crippen LogP) is 5.50. The number of hydrogen-bond donors (Lipinski definition) is 1. The molecule has 0 aliphatic carbocycles. The van der Waals surface area contributed by atoms with Crippen molar-refractivity contribution >= 4 is 15.9 Å². The summed E-state index contributed by atoms with van der Waals surface area (Å²) in [7, 11) is 0. The first-order chi connectivity index (χ1) is 9.58. The van der Waals surface area contributed by atoms with Crippen molar-refractivity contribution in [1.82, 2.24) is 5.32 Å². The van der Waals surface area contributed by atoms with E-state index in [2.05, 4.69) is 96.6 Å². The van der Waals surface area contributed by atoms with E-state index in [1.165, 1.54) is 11.1 Å². The van der Waals surface area contributed by atoms with Gasteiger partial charge in [-0.15, -0.1) is 0 Å². The molecule has 0 amide bonds. The quantitative estimate of drug-likeness (QED) is 0.763. The molecule has 1 nitrogen and oxygen atoms in total. The molecule has 0 aliphatic rings. The average molecular weight is 332 g/mol. The molecule has 20 heavy (non-hydrogen) atoms. The van der Waals surface area contributed by atoms with Crippen LogP contribution in [0, 0.1) is 5.92 Å². The summed E-state index contributed by atoms with van der Waals surface area (Å²) in [5.41, 5.74) is 2.66. The molecular weight excluding hydrogens is 310 g/mol. The zero-order valence-electron chi connectivity index (χ0n) is 12.3. The van der Waals surface area contributed by atoms with Crippen molar-refractivity contribution in [3.8, 4) is 0 Å². The molecule has 0 aromatic heterocycles. The van der Waals surface area contributed by atoms with E-state index in [0.29, 0.717) is 18.0 Å². The molecule has 2 rings (SSSR count). The molecule has 0 fully saturated rings. The average Bonchev–Trinajstić information content (AvgIpc) is 2.45. The second-order valence-electron chi connectivity index (χ2n) is 5.58. The van der Waals surface area contributed by atoms with Gasteiger partial charge < -0.3 is 5.32 Å². The smallest absolute Gasteiger partial charge is 0.0348 e. The third-order valence-electron chi connectivity index (χ3n) is 3.60. The SMILES string of the molecule is CC(C)C(N[C@H](C)c1cccc(Br)c1)c1ccccc1. The monoisotopic (exact) mass is 331 g/mol. The van der Waals surface area contributed by atoms with Crippen molar-refractivity contribution in [3.05, 3.63) is 70.2 Å². The van der Waals surface area contributed by atoms with Crippen LogP contribution in [-0.2, 0) is 0 Å². The number of benzene rings is 2. The summed E-state index contributed by atoms with van der Waals surface area (Å²) < 4.78 is 1.13. The molecule has 0 heterocycles. The van der Waals surface area contributed by atoms with E-state index in [4.69, 9.17) is 0 Å². The van der Waals surface area contributed by atoms with Gasteiger partial charge in [0.25, 0.3) is 0 Å². The number of nitrogens with one attached hydrogen (secondary N) is 1. The summed E-state index contributed by atoms with van der Waals surface area (Å²) in [5, 5.41) is 3.76. The van der Waals surface area contributed by atoms with Gasteiger partial charge in [-0.3, -0.25) is 0 Å². The molecule has 2 atom stereocenters. The van der Waals surface area contributed by atoms with Gasteiger partial charge in [0.1, 0.15) is 0 Å². The van der Waals surface area contributed by atoms with Crippen LogP contribution in [0.1, 0.15) is 44.0 Å². The van der Waals surface area contributed by atoms with Crippen LogP contribution in [0.4, 0.5) is 0 Å². The van der Waals surface area contributed by atoms with Crippen LogP contribution in [0.2, 0.25) is 0 Å². The Morgan fingerprint density at radius 1 is 0.850 bits per heavy atom. The lowest BCUT2D eigenvalue weighted by atomic mass is 9.94. The normalized spacial score (nSPS) is 14.2. The van der Waals surface area contributed by atoms with E-state index in [0.717, 1.165) is 4.47 Å². The van der Waals surface area contributed by atoms with Crippen LogP contribution in [0.5, 0.6) is 0 Å². The highest BCUT2D eigenvalue weighted by atomic mass is 79.9. The lowest BCUT2D eigenvalue weighted by molar-refractivity contribution is 0.374. The van der Waals surface area contributed by atoms with Crippen molar-refractivity contribution in [3.63, 3.8) is 0 Å². The van der Waals surface area contributed by atoms with Gasteiger partial charge in [0.2, 0.25) is 0 Å². The van der Waals surface area contributed by atoms with E-state index in [1.807, 2.05) is 0 Å². The standard InChI is InChI=1S/C18H22BrN/c1-13(2)18(15-8-5-4-6-9-15)20-14(3)16-10-7-11-17(19)12-16/h4-14,18,20H,1-3H3/t14-,18?/m1/s1. The summed E-state index contributed by atoms with van der Waals surface area (Å²) in [6.45, 7) is 6.75. The van der Waals surface area contributed by atoms with Gasteiger partial charge in [-0.25, -0.2) is 0 Å². The van der Waals surface area contributed by atoms with Crippen LogP contribution >= 0.6 is 15.9 Å². The van der Waals surface area contributed by atoms with Gasteiger partial charge >= 0.3 is 0 Å². The van der Waals surface area contributed by atoms with Gasteiger partial charge in [-0.2, -0.15) is 0 Å². The van der Waals surface area contributed by atoms with E-state index >= 15 is 0 Å². The fraction of sp³-hybridized carbons (Fsp3) is 0.333. The third kappa shape index (κ3) is 3.94. The van der Waals surface area contributed by atoms with Gasteiger partial charge in [0.05, 0.1) is 0 Å². The molecule has 2 aromatic rings. The molecule has 1 N–H and O–H groups in total. The molecule has 0 radical (unpaired) electrons. The summed E-state index contributed by atoms with van der Waals surface area (Å²) in [4.78, 5) is 0. The number of hydrogen-bond acceptors (Lipinski definition) is 1. The van der Waals surface area contributed by atoms with Gasteiger partial charge in [0, 0.05) is 16.6 Å². The van der Waals surface area contributed by atoms with Gasteiger partial charge in [-0.05, 0) is 36.1 Å². The summed E-state index contributed by atoms with van der Waals surface area (Å²) in [6.07, 6.45) is 0. The third-order valence-corrected chi connectivity index (χ3v) is 4.10. The highest BCUT2D eigenvalue weighted by molar-refractivity contribution is 9.10. The van der Waals surface area contributed by atoms with E-state index in [9.17, 15) is 0 Å². The van der Waals surface area contributed by atoms with E-state index < -0.39 is 0 Å². The minimum Gasteiger partial charge on any atom is -0.303 e. The molecule has 2 heteroatoms. The highest BCUT2D eigenvalue weighted by Crippen LogP contribution is 2.26. The van der Waals surface area contributed by atoms with Crippen molar-refractivity contribution in [2.45, 2.75) is 32.9 Å². The fourth-order valence-electron chi connectivity index (χ4n) is 2.48. The number of rotatable bonds is 5. The van der Waals surface area contributed by atoms with Crippen molar-refractivity contribution in [1.29, 1.82) is 0 Å². The van der Waals surface area contributed by atoms with Crippen LogP contribution in [0.3, 0.4) is 0 Å². The Morgan fingerprint density at radius 3 is 2.10 bits per heavy atom. The maximum absolute atomic E-state index is 3.76. The summed E-state index contributed by atoms with van der Waals surface area (Å²) in [5.74, 6) is 0.548. The van der Waals surface area contributed by atoms with E-state index in [1.54, 1.807) is 0 Å². The van der Waals surface area contributed by atoms with Crippen molar-refractivity contribution in [2.24, 2.45) is 5.92 Å². The van der Waals surface area contributed by atoms with Crippen LogP contribution in [0.25, 0.3) is 0 Å². The molecule has 0 saturated carbocycles. The molecule has 0 aliphatic heterocycles. The Bertz CT molecular complexity index is 536.